The second-order valence-electron chi connectivity index (χ2n) is 4.94. The van der Waals surface area contributed by atoms with E-state index in [0.29, 0.717) is 30.6 Å². The lowest BCUT2D eigenvalue weighted by Gasteiger charge is -2.24. The molecule has 0 saturated carbocycles. The number of nitrogens with zero attached hydrogens (tertiary/aromatic N) is 2. The molecule has 104 valence electrons. The number of fused-ring (bicyclic) bond motifs is 1. The summed E-state index contributed by atoms with van der Waals surface area (Å²) in [5, 5.41) is 0. The Balaban J connectivity index is 2.49. The molecule has 0 aliphatic heterocycles. The largest absolute Gasteiger partial charge is 0.380 e. The van der Waals surface area contributed by atoms with E-state index in [0.717, 1.165) is 5.52 Å². The Labute approximate surface area is 112 Å². The summed E-state index contributed by atoms with van der Waals surface area (Å²) in [5.74, 6) is 0.443. The summed E-state index contributed by atoms with van der Waals surface area (Å²) in [5.41, 5.74) is 7.42. The third-order valence-corrected chi connectivity index (χ3v) is 3.27. The molecule has 4 nitrogen and oxygen atoms in total. The van der Waals surface area contributed by atoms with Crippen LogP contribution in [0.4, 0.5) is 10.3 Å². The molecule has 2 aromatic rings. The molecule has 0 fully saturated rings. The fourth-order valence-electron chi connectivity index (χ4n) is 2.24. The van der Waals surface area contributed by atoms with Crippen LogP contribution in [0.3, 0.4) is 0 Å². The summed E-state index contributed by atoms with van der Waals surface area (Å²) < 4.78 is 20.7. The van der Waals surface area contributed by atoms with Crippen molar-refractivity contribution in [3.63, 3.8) is 0 Å². The number of anilines is 1. The van der Waals surface area contributed by atoms with Crippen LogP contribution in [0.5, 0.6) is 0 Å². The fourth-order valence-corrected chi connectivity index (χ4v) is 2.24. The van der Waals surface area contributed by atoms with Crippen molar-refractivity contribution >= 4 is 17.0 Å². The average molecular weight is 265 g/mol. The maximum atomic E-state index is 13.2. The van der Waals surface area contributed by atoms with Crippen LogP contribution < -0.4 is 5.73 Å². The number of benzene rings is 1. The molecule has 1 unspecified atom stereocenters. The van der Waals surface area contributed by atoms with Crippen molar-refractivity contribution in [1.29, 1.82) is 0 Å². The molecule has 1 aromatic heterocycles. The smallest absolute Gasteiger partial charge is 0.201 e. The van der Waals surface area contributed by atoms with Crippen molar-refractivity contribution in [2.24, 2.45) is 5.92 Å². The molecule has 0 aliphatic carbocycles. The second kappa shape index (κ2) is 5.57. The molecule has 19 heavy (non-hydrogen) atoms. The summed E-state index contributed by atoms with van der Waals surface area (Å²) in [6, 6.07) is 4.64. The number of halogens is 1. The Morgan fingerprint density at radius 2 is 2.16 bits per heavy atom. The van der Waals surface area contributed by atoms with Crippen LogP contribution in [0.2, 0.25) is 0 Å². The van der Waals surface area contributed by atoms with Crippen LogP contribution in [0.15, 0.2) is 18.2 Å². The van der Waals surface area contributed by atoms with E-state index < -0.39 is 0 Å². The predicted octanol–water partition coefficient (Wildman–Crippen LogP) is 2.99. The molecule has 1 aromatic carbocycles. The number of hydrogen-bond acceptors (Lipinski definition) is 3. The molecule has 0 saturated heterocycles. The van der Waals surface area contributed by atoms with Crippen LogP contribution >= 0.6 is 0 Å². The van der Waals surface area contributed by atoms with Crippen molar-refractivity contribution in [2.45, 2.75) is 26.8 Å². The van der Waals surface area contributed by atoms with Gasteiger partial charge in [0.2, 0.25) is 5.95 Å². The van der Waals surface area contributed by atoms with E-state index in [-0.39, 0.29) is 11.9 Å². The van der Waals surface area contributed by atoms with Gasteiger partial charge in [-0.15, -0.1) is 0 Å². The van der Waals surface area contributed by atoms with Gasteiger partial charge in [0.1, 0.15) is 5.82 Å². The van der Waals surface area contributed by atoms with E-state index >= 15 is 0 Å². The molecule has 0 aliphatic rings. The Kier molecular flexibility index (Phi) is 4.04. The first-order chi connectivity index (χ1) is 9.04. The van der Waals surface area contributed by atoms with E-state index in [4.69, 9.17) is 10.5 Å². The molecule has 5 heteroatoms. The first-order valence-electron chi connectivity index (χ1n) is 6.55. The molecule has 0 spiro atoms. The van der Waals surface area contributed by atoms with Gasteiger partial charge in [-0.3, -0.25) is 0 Å². The number of nitrogen functional groups attached to an aromatic ring is 1. The molecule has 2 N–H and O–H groups in total. The summed E-state index contributed by atoms with van der Waals surface area (Å²) in [6.45, 7) is 7.41. The highest BCUT2D eigenvalue weighted by Crippen LogP contribution is 2.28. The van der Waals surface area contributed by atoms with Gasteiger partial charge in [-0.05, 0) is 25.0 Å². The van der Waals surface area contributed by atoms with Gasteiger partial charge < -0.3 is 15.0 Å². The summed E-state index contributed by atoms with van der Waals surface area (Å²) in [6.07, 6.45) is 0. The Morgan fingerprint density at radius 1 is 1.42 bits per heavy atom. The zero-order valence-electron chi connectivity index (χ0n) is 11.6. The lowest BCUT2D eigenvalue weighted by Crippen LogP contribution is -2.22. The van der Waals surface area contributed by atoms with Gasteiger partial charge in [0.05, 0.1) is 23.7 Å². The normalized spacial score (nSPS) is 13.3. The van der Waals surface area contributed by atoms with E-state index in [1.807, 2.05) is 11.5 Å². The minimum absolute atomic E-state index is 0.0930. The predicted molar refractivity (Wildman–Crippen MR) is 74.5 cm³/mol. The van der Waals surface area contributed by atoms with Crippen molar-refractivity contribution in [1.82, 2.24) is 9.55 Å². The van der Waals surface area contributed by atoms with Crippen molar-refractivity contribution in [3.8, 4) is 0 Å². The zero-order valence-corrected chi connectivity index (χ0v) is 11.6. The third kappa shape index (κ3) is 2.71. The van der Waals surface area contributed by atoms with E-state index in [1.165, 1.54) is 12.1 Å². The van der Waals surface area contributed by atoms with Gasteiger partial charge in [0.15, 0.2) is 0 Å². The maximum Gasteiger partial charge on any atom is 0.201 e. The minimum Gasteiger partial charge on any atom is -0.380 e. The molecular weight excluding hydrogens is 245 g/mol. The minimum atomic E-state index is -0.303. The zero-order chi connectivity index (χ0) is 14.0. The average Bonchev–Trinajstić information content (AvgIpc) is 2.65. The van der Waals surface area contributed by atoms with Gasteiger partial charge in [0, 0.05) is 12.7 Å². The van der Waals surface area contributed by atoms with E-state index in [1.54, 1.807) is 6.07 Å². The molecule has 0 bridgehead atoms. The van der Waals surface area contributed by atoms with Crippen molar-refractivity contribution in [2.75, 3.05) is 18.9 Å². The van der Waals surface area contributed by atoms with Gasteiger partial charge in [0.25, 0.3) is 0 Å². The summed E-state index contributed by atoms with van der Waals surface area (Å²) in [7, 11) is 0. The maximum absolute atomic E-state index is 13.2. The lowest BCUT2D eigenvalue weighted by molar-refractivity contribution is 0.0987. The first-order valence-corrected chi connectivity index (χ1v) is 6.55. The highest BCUT2D eigenvalue weighted by molar-refractivity contribution is 5.78. The second-order valence-corrected chi connectivity index (χ2v) is 4.94. The number of imidazole rings is 1. The van der Waals surface area contributed by atoms with Crippen LogP contribution in [0, 0.1) is 11.7 Å². The monoisotopic (exact) mass is 265 g/mol. The van der Waals surface area contributed by atoms with Crippen LogP contribution in [-0.4, -0.2) is 22.8 Å². The molecular formula is C14H20FN3O. The van der Waals surface area contributed by atoms with Gasteiger partial charge in [-0.2, -0.15) is 0 Å². The molecule has 1 heterocycles. The van der Waals surface area contributed by atoms with E-state index in [2.05, 4.69) is 18.8 Å². The summed E-state index contributed by atoms with van der Waals surface area (Å²) >= 11 is 0. The first kappa shape index (κ1) is 13.8. The lowest BCUT2D eigenvalue weighted by atomic mass is 10.0. The van der Waals surface area contributed by atoms with Gasteiger partial charge >= 0.3 is 0 Å². The van der Waals surface area contributed by atoms with Gasteiger partial charge in [-0.25, -0.2) is 9.37 Å². The summed E-state index contributed by atoms with van der Waals surface area (Å²) in [4.78, 5) is 4.23. The molecule has 1 atom stereocenters. The molecule has 2 rings (SSSR count). The number of nitrogens with two attached hydrogens (primary N) is 1. The topological polar surface area (TPSA) is 53.1 Å². The molecule has 0 amide bonds. The Morgan fingerprint density at radius 3 is 2.79 bits per heavy atom. The number of aromatic nitrogens is 2. The standard InChI is InChI=1S/C14H20FN3O/c1-4-19-8-13(9(2)3)18-12-6-5-10(15)7-11(12)17-14(18)16/h5-7,9,13H,4,8H2,1-3H3,(H2,16,17). The number of rotatable bonds is 5. The Hall–Kier alpha value is -1.62. The van der Waals surface area contributed by atoms with Crippen LogP contribution in [-0.2, 0) is 4.74 Å². The number of ether oxygens (including phenoxy) is 1. The van der Waals surface area contributed by atoms with E-state index in [9.17, 15) is 4.39 Å². The third-order valence-electron chi connectivity index (χ3n) is 3.27. The highest BCUT2D eigenvalue weighted by atomic mass is 19.1. The number of hydrogen-bond donors (Lipinski definition) is 1. The van der Waals surface area contributed by atoms with Crippen LogP contribution in [0.1, 0.15) is 26.8 Å². The van der Waals surface area contributed by atoms with Crippen LogP contribution in [0.25, 0.3) is 11.0 Å². The quantitative estimate of drug-likeness (QED) is 0.904. The molecule has 0 radical (unpaired) electrons. The van der Waals surface area contributed by atoms with Gasteiger partial charge in [-0.1, -0.05) is 13.8 Å². The SMILES string of the molecule is CCOCC(C(C)C)n1c(N)nc2cc(F)ccc21. The fraction of sp³-hybridized carbons (Fsp3) is 0.500. The highest BCUT2D eigenvalue weighted by Gasteiger charge is 2.21. The van der Waals surface area contributed by atoms with Crippen molar-refractivity contribution < 1.29 is 9.13 Å². The Bertz CT molecular complexity index is 565. The van der Waals surface area contributed by atoms with Crippen molar-refractivity contribution in [3.05, 3.63) is 24.0 Å².